The van der Waals surface area contributed by atoms with Crippen LogP contribution in [0.4, 0.5) is 16.3 Å². The number of cyclic esters (lactones) is 1. The Labute approximate surface area is 249 Å². The number of likely N-dealkylation sites (tertiary alicyclic amines) is 1. The van der Waals surface area contributed by atoms with E-state index in [0.717, 1.165) is 67.5 Å². The molecule has 3 aromatic rings. The smallest absolute Gasteiger partial charge is 0.415 e. The summed E-state index contributed by atoms with van der Waals surface area (Å²) in [6.07, 6.45) is 4.31. The number of carbonyl (C=O) groups excluding carboxylic acids is 1. The molecule has 43 heavy (non-hydrogen) atoms. The lowest BCUT2D eigenvalue weighted by molar-refractivity contribution is 0.0174. The Balaban J connectivity index is 1.31. The number of nitrogens with zero attached hydrogens (tertiary/aromatic N) is 6. The first kappa shape index (κ1) is 27.6. The predicted molar refractivity (Wildman–Crippen MR) is 156 cm³/mol. The number of fused-ring (bicyclic) bond motifs is 4. The lowest BCUT2D eigenvalue weighted by Crippen LogP contribution is -2.44. The molecule has 224 valence electrons. The van der Waals surface area contributed by atoms with Gasteiger partial charge in [0.1, 0.15) is 24.6 Å². The van der Waals surface area contributed by atoms with Crippen molar-refractivity contribution in [2.75, 3.05) is 44.5 Å². The third-order valence-corrected chi connectivity index (χ3v) is 9.67. The molecule has 4 heterocycles. The molecule has 2 aromatic heterocycles. The lowest BCUT2D eigenvalue weighted by atomic mass is 9.68. The molecule has 4 aliphatic rings. The second kappa shape index (κ2) is 10.5. The van der Waals surface area contributed by atoms with Gasteiger partial charge in [-0.15, -0.1) is 0 Å². The van der Waals surface area contributed by atoms with Crippen molar-refractivity contribution >= 4 is 17.6 Å². The Morgan fingerprint density at radius 1 is 1.23 bits per heavy atom. The van der Waals surface area contributed by atoms with Gasteiger partial charge >= 0.3 is 6.09 Å². The molecule has 0 bridgehead atoms. The number of aromatic nitrogens is 3. The Morgan fingerprint density at radius 3 is 2.86 bits per heavy atom. The molecule has 0 unspecified atom stereocenters. The fourth-order valence-corrected chi connectivity index (χ4v) is 7.69. The summed E-state index contributed by atoms with van der Waals surface area (Å²) in [6.45, 7) is 3.56. The van der Waals surface area contributed by atoms with Crippen LogP contribution in [0.1, 0.15) is 60.6 Å². The first-order valence-corrected chi connectivity index (χ1v) is 14.9. The molecular formula is C31H35N7O5. The molecular weight excluding hydrogens is 550 g/mol. The number of nitrogens with two attached hydrogens (primary N) is 1. The van der Waals surface area contributed by atoms with E-state index in [1.54, 1.807) is 13.2 Å². The normalized spacial score (nSPS) is 25.4. The van der Waals surface area contributed by atoms with E-state index < -0.39 is 11.5 Å². The molecule has 0 radical (unpaired) electrons. The molecule has 0 saturated carbocycles. The van der Waals surface area contributed by atoms with Crippen LogP contribution in [-0.4, -0.2) is 78.2 Å². The summed E-state index contributed by atoms with van der Waals surface area (Å²) in [5.41, 5.74) is 10.3. The molecule has 2 N–H and O–H groups in total. The third kappa shape index (κ3) is 4.33. The van der Waals surface area contributed by atoms with E-state index in [1.165, 1.54) is 4.90 Å². The van der Waals surface area contributed by atoms with E-state index in [9.17, 15) is 10.1 Å². The molecule has 12 heteroatoms. The highest BCUT2D eigenvalue weighted by atomic mass is 16.6. The molecule has 12 nitrogen and oxygen atoms in total. The summed E-state index contributed by atoms with van der Waals surface area (Å²) >= 11 is 0. The van der Waals surface area contributed by atoms with Crippen LogP contribution in [0.5, 0.6) is 5.88 Å². The molecule has 2 fully saturated rings. The summed E-state index contributed by atoms with van der Waals surface area (Å²) in [5.74, 6) is 1.77. The number of carbonyl (C=O) groups is 1. The summed E-state index contributed by atoms with van der Waals surface area (Å²) in [7, 11) is 3.78. The SMILES string of the molecule is CO[C@H]1CCN(C)[C@@H]1[C@H](C)Oc1cc(N2CCOC2=O)nc(-c2noc3c2CCC[C@@]32CCc3ccc(N)c(C#N)c32)n1. The molecule has 1 aromatic carbocycles. The van der Waals surface area contributed by atoms with Gasteiger partial charge in [0.05, 0.1) is 29.7 Å². The van der Waals surface area contributed by atoms with Gasteiger partial charge in [-0.25, -0.2) is 9.78 Å². The number of nitriles is 1. The van der Waals surface area contributed by atoms with E-state index in [4.69, 9.17) is 34.4 Å². The predicted octanol–water partition coefficient (Wildman–Crippen LogP) is 3.60. The number of amides is 1. The molecule has 2 aliphatic carbocycles. The highest BCUT2D eigenvalue weighted by Gasteiger charge is 2.49. The minimum absolute atomic E-state index is 0.0347. The van der Waals surface area contributed by atoms with E-state index >= 15 is 0 Å². The zero-order valence-corrected chi connectivity index (χ0v) is 24.6. The van der Waals surface area contributed by atoms with Gasteiger partial charge in [-0.05, 0) is 69.7 Å². The van der Waals surface area contributed by atoms with E-state index in [-0.39, 0.29) is 24.9 Å². The highest BCUT2D eigenvalue weighted by Crippen LogP contribution is 2.54. The van der Waals surface area contributed by atoms with Crippen molar-refractivity contribution < 1.29 is 23.5 Å². The molecule has 2 saturated heterocycles. The number of hydrogen-bond donors (Lipinski definition) is 1. The minimum atomic E-state index is -0.485. The van der Waals surface area contributed by atoms with Gasteiger partial charge in [0.2, 0.25) is 5.88 Å². The fourth-order valence-electron chi connectivity index (χ4n) is 7.69. The summed E-state index contributed by atoms with van der Waals surface area (Å²) < 4.78 is 23.5. The van der Waals surface area contributed by atoms with Crippen LogP contribution >= 0.6 is 0 Å². The number of benzene rings is 1. The van der Waals surface area contributed by atoms with Gasteiger partial charge in [-0.3, -0.25) is 9.80 Å². The number of likely N-dealkylation sites (N-methyl/N-ethyl adjacent to an activating group) is 1. The van der Waals surface area contributed by atoms with Crippen molar-refractivity contribution in [3.05, 3.63) is 46.2 Å². The highest BCUT2D eigenvalue weighted by molar-refractivity contribution is 5.88. The number of anilines is 2. The maximum Gasteiger partial charge on any atom is 0.415 e. The number of ether oxygens (including phenoxy) is 3. The van der Waals surface area contributed by atoms with Gasteiger partial charge in [0, 0.05) is 31.0 Å². The topological polar surface area (TPSA) is 153 Å². The summed E-state index contributed by atoms with van der Waals surface area (Å²) in [5, 5.41) is 14.6. The van der Waals surface area contributed by atoms with Crippen LogP contribution in [0.25, 0.3) is 11.5 Å². The number of methoxy groups -OCH3 is 1. The van der Waals surface area contributed by atoms with E-state index in [1.807, 2.05) is 19.1 Å². The fraction of sp³-hybridized carbons (Fsp3) is 0.516. The second-order valence-corrected chi connectivity index (χ2v) is 12.0. The third-order valence-electron chi connectivity index (χ3n) is 9.67. The quantitative estimate of drug-likeness (QED) is 0.422. The van der Waals surface area contributed by atoms with Crippen molar-refractivity contribution in [2.24, 2.45) is 0 Å². The van der Waals surface area contributed by atoms with Gasteiger partial charge in [0.15, 0.2) is 17.3 Å². The Kier molecular flexibility index (Phi) is 6.74. The summed E-state index contributed by atoms with van der Waals surface area (Å²) in [6, 6.07) is 7.89. The lowest BCUT2D eigenvalue weighted by Gasteiger charge is -2.33. The second-order valence-electron chi connectivity index (χ2n) is 12.0. The Hall–Kier alpha value is -4.21. The van der Waals surface area contributed by atoms with Crippen molar-refractivity contribution in [2.45, 2.75) is 69.1 Å². The van der Waals surface area contributed by atoms with Crippen molar-refractivity contribution in [1.29, 1.82) is 5.26 Å². The zero-order chi connectivity index (χ0) is 29.9. The largest absolute Gasteiger partial charge is 0.473 e. The van der Waals surface area contributed by atoms with Crippen LogP contribution in [-0.2, 0) is 27.7 Å². The van der Waals surface area contributed by atoms with Gasteiger partial charge < -0.3 is 24.5 Å². The molecule has 2 aliphatic heterocycles. The number of aryl methyl sites for hydroxylation is 1. The first-order chi connectivity index (χ1) is 20.8. The maximum absolute atomic E-state index is 12.6. The number of rotatable bonds is 6. The Bertz CT molecular complexity index is 1630. The standard InChI is InChI=1S/C31H35N7O5/c1-17(27-22(40-3)9-12-37(27)2)42-24-15-23(38-13-14-41-30(38)39)34-29(35-24)26-19-5-4-10-31(28(19)43-36-26)11-8-18-6-7-21(33)20(16-32)25(18)31/h6-7,15,17,22,27H,4-5,8-14,33H2,1-3H3/t17-,22-,27+,31-/m0/s1. The van der Waals surface area contributed by atoms with Gasteiger partial charge in [-0.1, -0.05) is 11.2 Å². The summed E-state index contributed by atoms with van der Waals surface area (Å²) in [4.78, 5) is 25.9. The van der Waals surface area contributed by atoms with Crippen molar-refractivity contribution in [3.8, 4) is 23.5 Å². The maximum atomic E-state index is 12.6. The average molecular weight is 586 g/mol. The molecule has 1 amide bonds. The molecule has 1 spiro atoms. The average Bonchev–Trinajstić information content (AvgIpc) is 3.79. The van der Waals surface area contributed by atoms with Crippen LogP contribution in [0.2, 0.25) is 0 Å². The molecule has 7 rings (SSSR count). The number of nitrogen functional groups attached to an aromatic ring is 1. The van der Waals surface area contributed by atoms with E-state index in [2.05, 4.69) is 23.2 Å². The van der Waals surface area contributed by atoms with Gasteiger partial charge in [-0.2, -0.15) is 10.2 Å². The van der Waals surface area contributed by atoms with Crippen LogP contribution < -0.4 is 15.4 Å². The van der Waals surface area contributed by atoms with Crippen molar-refractivity contribution in [1.82, 2.24) is 20.0 Å². The zero-order valence-electron chi connectivity index (χ0n) is 24.6. The monoisotopic (exact) mass is 585 g/mol. The Morgan fingerprint density at radius 2 is 2.09 bits per heavy atom. The first-order valence-electron chi connectivity index (χ1n) is 14.9. The number of hydrogen-bond acceptors (Lipinski definition) is 11. The van der Waals surface area contributed by atoms with Crippen LogP contribution in [0.3, 0.4) is 0 Å². The van der Waals surface area contributed by atoms with Crippen molar-refractivity contribution in [3.63, 3.8) is 0 Å². The van der Waals surface area contributed by atoms with E-state index in [0.29, 0.717) is 41.0 Å². The van der Waals surface area contributed by atoms with Crippen LogP contribution in [0.15, 0.2) is 22.7 Å². The van der Waals surface area contributed by atoms with Crippen LogP contribution in [0, 0.1) is 11.3 Å². The minimum Gasteiger partial charge on any atom is -0.473 e. The van der Waals surface area contributed by atoms with Gasteiger partial charge in [0.25, 0.3) is 0 Å². The molecule has 4 atom stereocenters.